The van der Waals surface area contributed by atoms with Crippen LogP contribution in [0.3, 0.4) is 0 Å². The van der Waals surface area contributed by atoms with Crippen LogP contribution < -0.4 is 18.9 Å². The first-order chi connectivity index (χ1) is 18.3. The van der Waals surface area contributed by atoms with E-state index in [4.69, 9.17) is 53.8 Å². The first kappa shape index (κ1) is 26.6. The molecular formula is C27H20Cl3NO6S. The molecule has 0 radical (unpaired) electrons. The summed E-state index contributed by atoms with van der Waals surface area (Å²) in [4.78, 5) is 27.2. The molecule has 0 atom stereocenters. The lowest BCUT2D eigenvalue weighted by atomic mass is 10.1. The van der Waals surface area contributed by atoms with Crippen LogP contribution in [0.15, 0.2) is 53.4 Å². The quantitative estimate of drug-likeness (QED) is 0.250. The number of carbonyl (C=O) groups excluding carboxylic acids is 2. The van der Waals surface area contributed by atoms with E-state index < -0.39 is 11.1 Å². The fourth-order valence-corrected chi connectivity index (χ4v) is 5.42. The molecule has 2 aliphatic rings. The number of imide groups is 1. The van der Waals surface area contributed by atoms with Gasteiger partial charge in [-0.2, -0.15) is 0 Å². The molecule has 0 N–H and O–H groups in total. The first-order valence-electron chi connectivity index (χ1n) is 11.5. The van der Waals surface area contributed by atoms with Crippen LogP contribution in [0.25, 0.3) is 6.08 Å². The zero-order valence-electron chi connectivity index (χ0n) is 20.0. The summed E-state index contributed by atoms with van der Waals surface area (Å²) in [6.07, 6.45) is 1.64. The van der Waals surface area contributed by atoms with Crippen LogP contribution in [0.1, 0.15) is 23.6 Å². The van der Waals surface area contributed by atoms with Crippen LogP contribution in [-0.4, -0.2) is 29.4 Å². The van der Waals surface area contributed by atoms with Crippen molar-refractivity contribution in [3.8, 4) is 23.0 Å². The van der Waals surface area contributed by atoms with E-state index in [1.807, 2.05) is 6.92 Å². The molecule has 3 aromatic rings. The molecule has 2 aliphatic heterocycles. The van der Waals surface area contributed by atoms with Gasteiger partial charge in [0.25, 0.3) is 11.1 Å². The number of hydrogen-bond donors (Lipinski definition) is 0. The Hall–Kier alpha value is -3.04. The SMILES string of the molecule is CCOc1cc(/C=C2\SC(=O)N(Cc3cc4c(cc3Cl)OCO4)C2=O)ccc1OCc1c(Cl)cccc1Cl. The number of nitrogens with zero attached hydrogens (tertiary/aromatic N) is 1. The van der Waals surface area contributed by atoms with Crippen LogP contribution in [0.2, 0.25) is 15.1 Å². The predicted molar refractivity (Wildman–Crippen MR) is 147 cm³/mol. The molecule has 1 saturated heterocycles. The lowest BCUT2D eigenvalue weighted by molar-refractivity contribution is -0.123. The van der Waals surface area contributed by atoms with Crippen molar-refractivity contribution >= 4 is 63.8 Å². The summed E-state index contributed by atoms with van der Waals surface area (Å²) < 4.78 is 22.4. The second kappa shape index (κ2) is 11.4. The first-order valence-corrected chi connectivity index (χ1v) is 13.4. The predicted octanol–water partition coefficient (Wildman–Crippen LogP) is 7.59. The highest BCUT2D eigenvalue weighted by atomic mass is 35.5. The van der Waals surface area contributed by atoms with Gasteiger partial charge in [0.2, 0.25) is 6.79 Å². The maximum Gasteiger partial charge on any atom is 0.293 e. The number of ether oxygens (including phenoxy) is 4. The summed E-state index contributed by atoms with van der Waals surface area (Å²) in [5, 5.41) is 0.999. The number of fused-ring (bicyclic) bond motifs is 1. The fourth-order valence-electron chi connectivity index (χ4n) is 3.86. The van der Waals surface area contributed by atoms with Gasteiger partial charge < -0.3 is 18.9 Å². The Morgan fingerprint density at radius 1 is 0.947 bits per heavy atom. The highest BCUT2D eigenvalue weighted by Crippen LogP contribution is 2.40. The third kappa shape index (κ3) is 5.54. The molecule has 7 nitrogen and oxygen atoms in total. The number of rotatable bonds is 8. The molecule has 38 heavy (non-hydrogen) atoms. The molecule has 2 amide bonds. The molecule has 11 heteroatoms. The second-order valence-electron chi connectivity index (χ2n) is 8.19. The van der Waals surface area contributed by atoms with Gasteiger partial charge in [0.05, 0.1) is 18.1 Å². The average molecular weight is 593 g/mol. The van der Waals surface area contributed by atoms with Gasteiger partial charge in [0, 0.05) is 26.7 Å². The van der Waals surface area contributed by atoms with Gasteiger partial charge in [0.1, 0.15) is 6.61 Å². The van der Waals surface area contributed by atoms with Crippen LogP contribution in [0, 0.1) is 0 Å². The van der Waals surface area contributed by atoms with E-state index in [9.17, 15) is 9.59 Å². The van der Waals surface area contributed by atoms with E-state index in [0.717, 1.165) is 16.7 Å². The Morgan fingerprint density at radius 2 is 1.68 bits per heavy atom. The lowest BCUT2D eigenvalue weighted by Crippen LogP contribution is -2.27. The van der Waals surface area contributed by atoms with E-state index >= 15 is 0 Å². The topological polar surface area (TPSA) is 74.3 Å². The number of halogens is 3. The van der Waals surface area contributed by atoms with E-state index in [1.165, 1.54) is 0 Å². The Morgan fingerprint density at radius 3 is 2.42 bits per heavy atom. The van der Waals surface area contributed by atoms with Crippen LogP contribution in [0.5, 0.6) is 23.0 Å². The molecule has 0 aromatic heterocycles. The molecule has 3 aromatic carbocycles. The maximum atomic E-state index is 13.1. The Kier molecular flexibility index (Phi) is 7.95. The zero-order valence-corrected chi connectivity index (χ0v) is 23.0. The van der Waals surface area contributed by atoms with Gasteiger partial charge in [-0.15, -0.1) is 0 Å². The highest BCUT2D eigenvalue weighted by molar-refractivity contribution is 8.18. The molecular weight excluding hydrogens is 573 g/mol. The second-order valence-corrected chi connectivity index (χ2v) is 10.4. The third-order valence-electron chi connectivity index (χ3n) is 5.74. The van der Waals surface area contributed by atoms with Gasteiger partial charge in [-0.05, 0) is 66.2 Å². The van der Waals surface area contributed by atoms with Crippen LogP contribution in [0.4, 0.5) is 4.79 Å². The summed E-state index contributed by atoms with van der Waals surface area (Å²) in [6.45, 7) is 2.52. The van der Waals surface area contributed by atoms with Crippen molar-refractivity contribution in [1.82, 2.24) is 4.90 Å². The van der Waals surface area contributed by atoms with Crippen LogP contribution >= 0.6 is 46.6 Å². The molecule has 0 unspecified atom stereocenters. The summed E-state index contributed by atoms with van der Waals surface area (Å²) in [5.41, 5.74) is 1.92. The van der Waals surface area contributed by atoms with Gasteiger partial charge in [-0.25, -0.2) is 0 Å². The van der Waals surface area contributed by atoms with E-state index in [2.05, 4.69) is 0 Å². The normalized spacial score (nSPS) is 15.5. The third-order valence-corrected chi connectivity index (χ3v) is 7.71. The van der Waals surface area contributed by atoms with Gasteiger partial charge in [0.15, 0.2) is 23.0 Å². The largest absolute Gasteiger partial charge is 0.490 e. The summed E-state index contributed by atoms with van der Waals surface area (Å²) in [7, 11) is 0. The Balaban J connectivity index is 1.34. The van der Waals surface area contributed by atoms with Crippen molar-refractivity contribution in [2.75, 3.05) is 13.4 Å². The Bertz CT molecular complexity index is 1440. The van der Waals surface area contributed by atoms with E-state index in [1.54, 1.807) is 54.6 Å². The molecule has 5 rings (SSSR count). The van der Waals surface area contributed by atoms with E-state index in [0.29, 0.717) is 61.4 Å². The minimum absolute atomic E-state index is 0.0130. The van der Waals surface area contributed by atoms with Crippen molar-refractivity contribution in [3.05, 3.63) is 85.2 Å². The number of carbonyl (C=O) groups is 2. The van der Waals surface area contributed by atoms with E-state index in [-0.39, 0.29) is 24.8 Å². The number of thioether (sulfide) groups is 1. The van der Waals surface area contributed by atoms with Crippen molar-refractivity contribution in [1.29, 1.82) is 0 Å². The molecule has 2 heterocycles. The van der Waals surface area contributed by atoms with Crippen molar-refractivity contribution in [2.24, 2.45) is 0 Å². The Labute approximate surface area is 238 Å². The molecule has 196 valence electrons. The van der Waals surface area contributed by atoms with Gasteiger partial charge >= 0.3 is 0 Å². The number of amides is 2. The van der Waals surface area contributed by atoms with Crippen molar-refractivity contribution < 1.29 is 28.5 Å². The maximum absolute atomic E-state index is 13.1. The minimum atomic E-state index is -0.416. The van der Waals surface area contributed by atoms with Crippen molar-refractivity contribution in [2.45, 2.75) is 20.1 Å². The molecule has 0 bridgehead atoms. The molecule has 0 spiro atoms. The summed E-state index contributed by atoms with van der Waals surface area (Å²) in [5.74, 6) is 1.61. The van der Waals surface area contributed by atoms with Crippen molar-refractivity contribution in [3.63, 3.8) is 0 Å². The minimum Gasteiger partial charge on any atom is -0.490 e. The standard InChI is InChI=1S/C27H20Cl3NO6S/c1-2-34-22-8-15(6-7-21(22)35-13-17-18(28)4-3-5-19(17)29)9-25-26(32)31(27(33)38-25)12-16-10-23-24(11-20(16)30)37-14-36-23/h3-11H,2,12-14H2,1H3/b25-9-. The lowest BCUT2D eigenvalue weighted by Gasteiger charge is -2.14. The van der Waals surface area contributed by atoms with Gasteiger partial charge in [-0.3, -0.25) is 14.5 Å². The molecule has 0 aliphatic carbocycles. The van der Waals surface area contributed by atoms with Crippen LogP contribution in [-0.2, 0) is 17.9 Å². The highest BCUT2D eigenvalue weighted by Gasteiger charge is 2.35. The number of hydrogen-bond acceptors (Lipinski definition) is 7. The molecule has 0 saturated carbocycles. The molecule has 1 fully saturated rings. The zero-order chi connectivity index (χ0) is 26.8. The average Bonchev–Trinajstić information content (AvgIpc) is 3.44. The summed E-state index contributed by atoms with van der Waals surface area (Å²) in [6, 6.07) is 13.8. The van der Waals surface area contributed by atoms with Gasteiger partial charge in [-0.1, -0.05) is 46.9 Å². The number of benzene rings is 3. The fraction of sp³-hybridized carbons (Fsp3) is 0.185. The monoisotopic (exact) mass is 591 g/mol. The smallest absolute Gasteiger partial charge is 0.293 e. The summed E-state index contributed by atoms with van der Waals surface area (Å²) >= 11 is 19.7.